The number of halogens is 1. The molecule has 3 N–H and O–H groups in total. The van der Waals surface area contributed by atoms with Gasteiger partial charge in [0.25, 0.3) is 5.91 Å². The van der Waals surface area contributed by atoms with Crippen molar-refractivity contribution in [3.63, 3.8) is 0 Å². The van der Waals surface area contributed by atoms with Crippen LogP contribution in [-0.2, 0) is 16.6 Å². The highest BCUT2D eigenvalue weighted by molar-refractivity contribution is 7.89. The number of primary sulfonamides is 1. The third-order valence-electron chi connectivity index (χ3n) is 2.65. The predicted molar refractivity (Wildman–Crippen MR) is 73.2 cm³/mol. The van der Waals surface area contributed by atoms with Gasteiger partial charge in [0, 0.05) is 12.7 Å². The highest BCUT2D eigenvalue weighted by Gasteiger charge is 2.10. The van der Waals surface area contributed by atoms with Crippen molar-refractivity contribution in [1.82, 2.24) is 10.3 Å². The first kappa shape index (κ1) is 15.1. The number of rotatable bonds is 4. The smallest absolute Gasteiger partial charge is 0.253 e. The first-order valence-corrected chi connectivity index (χ1v) is 7.41. The van der Waals surface area contributed by atoms with Crippen LogP contribution in [0.4, 0.5) is 4.39 Å². The molecule has 1 heterocycles. The second-order valence-corrected chi connectivity index (χ2v) is 5.83. The van der Waals surface area contributed by atoms with Crippen molar-refractivity contribution in [3.05, 3.63) is 59.7 Å². The molecule has 2 aromatic rings. The Morgan fingerprint density at radius 3 is 2.71 bits per heavy atom. The van der Waals surface area contributed by atoms with Crippen molar-refractivity contribution in [2.45, 2.75) is 11.4 Å². The fourth-order valence-corrected chi connectivity index (χ4v) is 2.24. The average molecular weight is 309 g/mol. The molecule has 0 saturated carbocycles. The van der Waals surface area contributed by atoms with E-state index in [-0.39, 0.29) is 17.0 Å². The molecule has 1 aromatic heterocycles. The number of aromatic nitrogens is 1. The van der Waals surface area contributed by atoms with Crippen LogP contribution in [0.15, 0.2) is 47.6 Å². The molecule has 0 saturated heterocycles. The van der Waals surface area contributed by atoms with E-state index in [1.165, 1.54) is 24.4 Å². The maximum Gasteiger partial charge on any atom is 0.253 e. The zero-order chi connectivity index (χ0) is 15.5. The Hall–Kier alpha value is -2.32. The fourth-order valence-electron chi connectivity index (χ4n) is 1.65. The van der Waals surface area contributed by atoms with Gasteiger partial charge in [-0.05, 0) is 23.8 Å². The number of hydrogen-bond acceptors (Lipinski definition) is 4. The maximum absolute atomic E-state index is 13.0. The molecule has 0 bridgehead atoms. The molecule has 1 aromatic carbocycles. The van der Waals surface area contributed by atoms with Crippen LogP contribution in [0.3, 0.4) is 0 Å². The summed E-state index contributed by atoms with van der Waals surface area (Å²) in [7, 11) is -3.79. The van der Waals surface area contributed by atoms with Crippen molar-refractivity contribution in [2.24, 2.45) is 5.14 Å². The minimum atomic E-state index is -3.79. The first-order chi connectivity index (χ1) is 9.86. The molecular formula is C13H12FN3O3S. The number of benzene rings is 1. The van der Waals surface area contributed by atoms with Gasteiger partial charge in [0.1, 0.15) is 5.82 Å². The lowest BCUT2D eigenvalue weighted by Crippen LogP contribution is -2.23. The molecule has 8 heteroatoms. The molecule has 6 nitrogen and oxygen atoms in total. The summed E-state index contributed by atoms with van der Waals surface area (Å²) in [5.41, 5.74) is 0.636. The van der Waals surface area contributed by atoms with Crippen molar-refractivity contribution in [2.75, 3.05) is 0 Å². The molecule has 0 atom stereocenters. The van der Waals surface area contributed by atoms with Crippen LogP contribution in [0, 0.1) is 5.82 Å². The van der Waals surface area contributed by atoms with Crippen LogP contribution in [0.2, 0.25) is 0 Å². The molecule has 21 heavy (non-hydrogen) atoms. The molecule has 2 rings (SSSR count). The van der Waals surface area contributed by atoms with E-state index in [4.69, 9.17) is 5.14 Å². The zero-order valence-corrected chi connectivity index (χ0v) is 11.6. The van der Waals surface area contributed by atoms with E-state index in [1.807, 2.05) is 0 Å². The summed E-state index contributed by atoms with van der Waals surface area (Å²) in [5, 5.41) is 7.56. The van der Waals surface area contributed by atoms with Gasteiger partial charge >= 0.3 is 0 Å². The number of hydrogen-bond donors (Lipinski definition) is 2. The van der Waals surface area contributed by atoms with E-state index in [2.05, 4.69) is 10.3 Å². The lowest BCUT2D eigenvalue weighted by Gasteiger charge is -2.06. The summed E-state index contributed by atoms with van der Waals surface area (Å²) < 4.78 is 35.4. The first-order valence-electron chi connectivity index (χ1n) is 5.87. The third kappa shape index (κ3) is 4.07. The molecule has 0 aliphatic rings. The summed E-state index contributed by atoms with van der Waals surface area (Å²) in [6.07, 6.45) is 2.23. The number of nitrogens with two attached hydrogens (primary N) is 1. The minimum absolute atomic E-state index is 0.0401. The van der Waals surface area contributed by atoms with Crippen LogP contribution >= 0.6 is 0 Å². The van der Waals surface area contributed by atoms with E-state index in [0.29, 0.717) is 5.56 Å². The molecule has 1 amide bonds. The number of carbonyl (C=O) groups is 1. The summed E-state index contributed by atoms with van der Waals surface area (Å²) in [6.45, 7) is 0.0821. The topological polar surface area (TPSA) is 102 Å². The van der Waals surface area contributed by atoms with Gasteiger partial charge in [-0.2, -0.15) is 0 Å². The molecule has 0 aliphatic carbocycles. The molecular weight excluding hydrogens is 297 g/mol. The Balaban J connectivity index is 2.08. The summed E-state index contributed by atoms with van der Waals surface area (Å²) in [6, 6.07) is 6.93. The van der Waals surface area contributed by atoms with Gasteiger partial charge in [-0.25, -0.2) is 17.9 Å². The van der Waals surface area contributed by atoms with Gasteiger partial charge < -0.3 is 5.32 Å². The number of carbonyl (C=O) groups excluding carboxylic acids is 1. The standard InChI is InChI=1S/C13H12FN3O3S/c14-11-5-10(7-16-8-11)13(18)17-6-9-2-1-3-12(4-9)21(15,19)20/h1-5,7-8H,6H2,(H,17,18)(H2,15,19,20). The Bertz CT molecular complexity index is 778. The van der Waals surface area contributed by atoms with E-state index < -0.39 is 21.7 Å². The highest BCUT2D eigenvalue weighted by Crippen LogP contribution is 2.10. The van der Waals surface area contributed by atoms with Crippen LogP contribution in [-0.4, -0.2) is 19.3 Å². The Morgan fingerprint density at radius 1 is 1.29 bits per heavy atom. The van der Waals surface area contributed by atoms with E-state index >= 15 is 0 Å². The van der Waals surface area contributed by atoms with E-state index in [1.54, 1.807) is 6.07 Å². The van der Waals surface area contributed by atoms with Crippen molar-refractivity contribution < 1.29 is 17.6 Å². The van der Waals surface area contributed by atoms with Gasteiger partial charge in [0.2, 0.25) is 10.0 Å². The lowest BCUT2D eigenvalue weighted by molar-refractivity contribution is 0.0950. The number of amides is 1. The normalized spacial score (nSPS) is 11.1. The molecule has 0 spiro atoms. The quantitative estimate of drug-likeness (QED) is 0.872. The second kappa shape index (κ2) is 5.98. The highest BCUT2D eigenvalue weighted by atomic mass is 32.2. The third-order valence-corrected chi connectivity index (χ3v) is 3.56. The van der Waals surface area contributed by atoms with Crippen LogP contribution in [0.5, 0.6) is 0 Å². The number of sulfonamides is 1. The summed E-state index contributed by atoms with van der Waals surface area (Å²) in [4.78, 5) is 15.3. The molecule has 0 unspecified atom stereocenters. The van der Waals surface area contributed by atoms with E-state index in [0.717, 1.165) is 12.3 Å². The largest absolute Gasteiger partial charge is 0.348 e. The van der Waals surface area contributed by atoms with Crippen molar-refractivity contribution in [1.29, 1.82) is 0 Å². The Morgan fingerprint density at radius 2 is 2.05 bits per heavy atom. The van der Waals surface area contributed by atoms with Gasteiger partial charge in [0.15, 0.2) is 0 Å². The van der Waals surface area contributed by atoms with Crippen LogP contribution < -0.4 is 10.5 Å². The monoisotopic (exact) mass is 309 g/mol. The van der Waals surface area contributed by atoms with Gasteiger partial charge in [-0.1, -0.05) is 12.1 Å². The maximum atomic E-state index is 13.0. The number of nitrogens with one attached hydrogen (secondary N) is 1. The Kier molecular flexibility index (Phi) is 4.29. The number of pyridine rings is 1. The van der Waals surface area contributed by atoms with Gasteiger partial charge in [-0.3, -0.25) is 9.78 Å². The van der Waals surface area contributed by atoms with E-state index in [9.17, 15) is 17.6 Å². The average Bonchev–Trinajstić information content (AvgIpc) is 2.44. The molecule has 0 aliphatic heterocycles. The van der Waals surface area contributed by atoms with Crippen molar-refractivity contribution >= 4 is 15.9 Å². The van der Waals surface area contributed by atoms with Gasteiger partial charge in [0.05, 0.1) is 16.7 Å². The molecule has 0 radical (unpaired) electrons. The van der Waals surface area contributed by atoms with Crippen molar-refractivity contribution in [3.8, 4) is 0 Å². The Labute approximate surface area is 120 Å². The van der Waals surface area contributed by atoms with Gasteiger partial charge in [-0.15, -0.1) is 0 Å². The molecule has 0 fully saturated rings. The fraction of sp³-hybridized carbons (Fsp3) is 0.0769. The van der Waals surface area contributed by atoms with Crippen LogP contribution in [0.25, 0.3) is 0 Å². The summed E-state index contributed by atoms with van der Waals surface area (Å²) in [5.74, 6) is -1.12. The zero-order valence-electron chi connectivity index (χ0n) is 10.8. The van der Waals surface area contributed by atoms with Crippen LogP contribution in [0.1, 0.15) is 15.9 Å². The summed E-state index contributed by atoms with van der Waals surface area (Å²) >= 11 is 0. The predicted octanol–water partition coefficient (Wildman–Crippen LogP) is 0.798. The number of nitrogens with zero attached hydrogens (tertiary/aromatic N) is 1. The molecule has 110 valence electrons. The second-order valence-electron chi connectivity index (χ2n) is 4.27. The lowest BCUT2D eigenvalue weighted by atomic mass is 10.2. The SMILES string of the molecule is NS(=O)(=O)c1cccc(CNC(=O)c2cncc(F)c2)c1. The minimum Gasteiger partial charge on any atom is -0.348 e.